The molecule has 0 heterocycles. The molecule has 0 unspecified atom stereocenters. The van der Waals surface area contributed by atoms with Gasteiger partial charge in [0, 0.05) is 11.3 Å². The van der Waals surface area contributed by atoms with Crippen LogP contribution in [0.5, 0.6) is 0 Å². The molecule has 2 nitrogen and oxygen atoms in total. The number of hydrogen-bond donors (Lipinski definition) is 2. The molecule has 0 amide bonds. The number of nitrogens with two attached hydrogens (primary N) is 1. The summed E-state index contributed by atoms with van der Waals surface area (Å²) in [4.78, 5) is 0. The molecule has 1 aromatic carbocycles. The summed E-state index contributed by atoms with van der Waals surface area (Å²) in [6.07, 6.45) is 2.04. The fraction of sp³-hybridized carbons (Fsp3) is 0.222. The first-order valence-corrected chi connectivity index (χ1v) is 5.06. The second-order valence-corrected chi connectivity index (χ2v) is 3.37. The van der Waals surface area contributed by atoms with E-state index in [1.54, 1.807) is 11.8 Å². The third-order valence-corrected chi connectivity index (χ3v) is 2.21. The van der Waals surface area contributed by atoms with Gasteiger partial charge < -0.3 is 5.73 Å². The Kier molecular flexibility index (Phi) is 3.17. The summed E-state index contributed by atoms with van der Waals surface area (Å²) in [5.41, 5.74) is 7.41. The van der Waals surface area contributed by atoms with Crippen molar-refractivity contribution in [3.8, 4) is 0 Å². The van der Waals surface area contributed by atoms with Crippen molar-refractivity contribution in [3.05, 3.63) is 35.4 Å². The van der Waals surface area contributed by atoms with Crippen LogP contribution in [-0.2, 0) is 5.75 Å². The van der Waals surface area contributed by atoms with E-state index in [1.807, 2.05) is 30.5 Å². The molecule has 0 spiro atoms. The molecule has 1 rings (SSSR count). The molecular weight excluding hydrogens is 168 g/mol. The highest BCUT2D eigenvalue weighted by Crippen LogP contribution is 2.13. The first kappa shape index (κ1) is 9.13. The van der Waals surface area contributed by atoms with Gasteiger partial charge in [0.25, 0.3) is 0 Å². The molecule has 1 aromatic rings. The van der Waals surface area contributed by atoms with Gasteiger partial charge in [0.2, 0.25) is 0 Å². The smallest absolute Gasteiger partial charge is 0.123 e. The van der Waals surface area contributed by atoms with E-state index >= 15 is 0 Å². The fourth-order valence-electron chi connectivity index (χ4n) is 1.06. The molecule has 3 N–H and O–H groups in total. The molecule has 0 saturated heterocycles. The molecule has 0 aliphatic heterocycles. The topological polar surface area (TPSA) is 49.9 Å². The molecule has 0 saturated carbocycles. The van der Waals surface area contributed by atoms with Gasteiger partial charge in [0.05, 0.1) is 0 Å². The van der Waals surface area contributed by atoms with Crippen LogP contribution in [0.25, 0.3) is 0 Å². The third kappa shape index (κ3) is 2.01. The lowest BCUT2D eigenvalue weighted by Gasteiger charge is -2.05. The summed E-state index contributed by atoms with van der Waals surface area (Å²) in [5, 5.41) is 7.32. The van der Waals surface area contributed by atoms with E-state index in [2.05, 4.69) is 0 Å². The first-order valence-electron chi connectivity index (χ1n) is 3.67. The summed E-state index contributed by atoms with van der Waals surface area (Å²) in [6, 6.07) is 7.76. The van der Waals surface area contributed by atoms with Crippen LogP contribution in [-0.4, -0.2) is 12.1 Å². The largest absolute Gasteiger partial charge is 0.384 e. The molecular formula is C9H12N2S. The summed E-state index contributed by atoms with van der Waals surface area (Å²) < 4.78 is 0. The van der Waals surface area contributed by atoms with Crippen molar-refractivity contribution in [2.75, 3.05) is 6.26 Å². The highest BCUT2D eigenvalue weighted by atomic mass is 32.2. The Labute approximate surface area is 76.7 Å². The predicted molar refractivity (Wildman–Crippen MR) is 54.7 cm³/mol. The number of hydrogen-bond acceptors (Lipinski definition) is 2. The molecule has 0 bridgehead atoms. The third-order valence-electron chi connectivity index (χ3n) is 1.61. The highest BCUT2D eigenvalue weighted by Gasteiger charge is 2.02. The van der Waals surface area contributed by atoms with E-state index < -0.39 is 0 Å². The molecule has 3 heteroatoms. The number of amidine groups is 1. The summed E-state index contributed by atoms with van der Waals surface area (Å²) in [6.45, 7) is 0. The summed E-state index contributed by atoms with van der Waals surface area (Å²) >= 11 is 1.73. The molecule has 0 aromatic heterocycles. The second kappa shape index (κ2) is 4.16. The van der Waals surface area contributed by atoms with E-state index in [1.165, 1.54) is 0 Å². The zero-order valence-electron chi connectivity index (χ0n) is 7.00. The van der Waals surface area contributed by atoms with E-state index in [4.69, 9.17) is 11.1 Å². The number of nitrogens with one attached hydrogen (secondary N) is 1. The quantitative estimate of drug-likeness (QED) is 0.551. The van der Waals surface area contributed by atoms with Crippen LogP contribution in [0.3, 0.4) is 0 Å². The van der Waals surface area contributed by atoms with Gasteiger partial charge in [0.1, 0.15) is 5.84 Å². The normalized spacial score (nSPS) is 9.75. The van der Waals surface area contributed by atoms with E-state index in [0.29, 0.717) is 0 Å². The minimum Gasteiger partial charge on any atom is -0.384 e. The Bertz CT molecular complexity index is 284. The lowest BCUT2D eigenvalue weighted by atomic mass is 10.1. The maximum atomic E-state index is 7.32. The lowest BCUT2D eigenvalue weighted by molar-refractivity contribution is 1.34. The second-order valence-electron chi connectivity index (χ2n) is 2.50. The lowest BCUT2D eigenvalue weighted by Crippen LogP contribution is -2.13. The van der Waals surface area contributed by atoms with E-state index in [0.717, 1.165) is 16.9 Å². The van der Waals surface area contributed by atoms with Crippen molar-refractivity contribution < 1.29 is 0 Å². The SMILES string of the molecule is CSCc1ccccc1C(=N)N. The van der Waals surface area contributed by atoms with Gasteiger partial charge in [0.15, 0.2) is 0 Å². The van der Waals surface area contributed by atoms with E-state index in [9.17, 15) is 0 Å². The molecule has 0 atom stereocenters. The van der Waals surface area contributed by atoms with Gasteiger partial charge in [-0.25, -0.2) is 0 Å². The number of rotatable bonds is 3. The fourth-order valence-corrected chi connectivity index (χ4v) is 1.63. The van der Waals surface area contributed by atoms with Gasteiger partial charge in [-0.3, -0.25) is 5.41 Å². The number of nitrogen functional groups attached to an aromatic ring is 1. The van der Waals surface area contributed by atoms with Crippen molar-refractivity contribution in [1.29, 1.82) is 5.41 Å². The van der Waals surface area contributed by atoms with Gasteiger partial charge in [-0.15, -0.1) is 0 Å². The van der Waals surface area contributed by atoms with Crippen molar-refractivity contribution in [3.63, 3.8) is 0 Å². The van der Waals surface area contributed by atoms with Gasteiger partial charge in [-0.2, -0.15) is 11.8 Å². The number of benzene rings is 1. The van der Waals surface area contributed by atoms with Crippen LogP contribution in [0.1, 0.15) is 11.1 Å². The number of thioether (sulfide) groups is 1. The van der Waals surface area contributed by atoms with Crippen LogP contribution in [0.4, 0.5) is 0 Å². The summed E-state index contributed by atoms with van der Waals surface area (Å²) in [7, 11) is 0. The van der Waals surface area contributed by atoms with Gasteiger partial charge in [-0.05, 0) is 11.8 Å². The zero-order valence-corrected chi connectivity index (χ0v) is 7.82. The Morgan fingerprint density at radius 1 is 1.50 bits per heavy atom. The Morgan fingerprint density at radius 2 is 2.17 bits per heavy atom. The maximum Gasteiger partial charge on any atom is 0.123 e. The maximum absolute atomic E-state index is 7.32. The van der Waals surface area contributed by atoms with Crippen molar-refractivity contribution >= 4 is 17.6 Å². The molecule has 0 aliphatic carbocycles. The molecule has 0 fully saturated rings. The Hall–Kier alpha value is -0.960. The van der Waals surface area contributed by atoms with Crippen LogP contribution in [0, 0.1) is 5.41 Å². The minimum atomic E-state index is 0.152. The standard InChI is InChI=1S/C9H12N2S/c1-12-6-7-4-2-3-5-8(7)9(10)11/h2-5H,6H2,1H3,(H3,10,11). The zero-order chi connectivity index (χ0) is 8.97. The molecule has 12 heavy (non-hydrogen) atoms. The van der Waals surface area contributed by atoms with Crippen LogP contribution >= 0.6 is 11.8 Å². The van der Waals surface area contributed by atoms with Crippen molar-refractivity contribution in [2.45, 2.75) is 5.75 Å². The van der Waals surface area contributed by atoms with Crippen LogP contribution in [0.2, 0.25) is 0 Å². The Balaban J connectivity index is 3.00. The minimum absolute atomic E-state index is 0.152. The van der Waals surface area contributed by atoms with Crippen LogP contribution in [0.15, 0.2) is 24.3 Å². The molecule has 64 valence electrons. The molecule has 0 aliphatic rings. The molecule has 0 radical (unpaired) electrons. The first-order chi connectivity index (χ1) is 5.75. The van der Waals surface area contributed by atoms with Crippen molar-refractivity contribution in [2.24, 2.45) is 5.73 Å². The predicted octanol–water partition coefficient (Wildman–Crippen LogP) is 1.83. The van der Waals surface area contributed by atoms with Gasteiger partial charge >= 0.3 is 0 Å². The highest BCUT2D eigenvalue weighted by molar-refractivity contribution is 7.97. The van der Waals surface area contributed by atoms with E-state index in [-0.39, 0.29) is 5.84 Å². The van der Waals surface area contributed by atoms with Gasteiger partial charge in [-0.1, -0.05) is 24.3 Å². The summed E-state index contributed by atoms with van der Waals surface area (Å²) in [5.74, 6) is 1.06. The average Bonchev–Trinajstić information content (AvgIpc) is 2.05. The average molecular weight is 180 g/mol. The van der Waals surface area contributed by atoms with Crippen LogP contribution < -0.4 is 5.73 Å². The van der Waals surface area contributed by atoms with Crippen molar-refractivity contribution in [1.82, 2.24) is 0 Å². The Morgan fingerprint density at radius 3 is 2.75 bits per heavy atom. The monoisotopic (exact) mass is 180 g/mol.